The molecule has 1 fully saturated rings. The fraction of sp³-hybridized carbons (Fsp3) is 0.625. The summed E-state index contributed by atoms with van der Waals surface area (Å²) < 4.78 is 1.98. The van der Waals surface area contributed by atoms with Crippen LogP contribution < -0.4 is 10.9 Å². The average molecular weight is 328 g/mol. The number of nitrogens with zero attached hydrogens (tertiary/aromatic N) is 7. The second-order valence-corrected chi connectivity index (χ2v) is 6.60. The quantitative estimate of drug-likeness (QED) is 0.629. The Balaban J connectivity index is 1.94. The molecule has 24 heavy (non-hydrogen) atoms. The molecule has 8 heteroatoms. The first-order chi connectivity index (χ1) is 11.6. The summed E-state index contributed by atoms with van der Waals surface area (Å²) in [5.74, 6) is 7.02. The van der Waals surface area contributed by atoms with Gasteiger partial charge in [0.2, 0.25) is 5.82 Å². The molecule has 0 aliphatic heterocycles. The van der Waals surface area contributed by atoms with Gasteiger partial charge in [-0.3, -0.25) is 5.01 Å². The van der Waals surface area contributed by atoms with Crippen LogP contribution in [0, 0.1) is 11.3 Å². The molecule has 1 aliphatic carbocycles. The number of nitriles is 1. The lowest BCUT2D eigenvalue weighted by atomic mass is 10.2. The van der Waals surface area contributed by atoms with Crippen molar-refractivity contribution in [1.29, 1.82) is 5.26 Å². The summed E-state index contributed by atoms with van der Waals surface area (Å²) in [7, 11) is 4.10. The Bertz CT molecular complexity index is 738. The predicted octanol–water partition coefficient (Wildman–Crippen LogP) is 1.27. The summed E-state index contributed by atoms with van der Waals surface area (Å²) in [6, 6.07) is 2.30. The summed E-state index contributed by atoms with van der Waals surface area (Å²) in [4.78, 5) is 15.3. The van der Waals surface area contributed by atoms with Crippen LogP contribution in [0.2, 0.25) is 0 Å². The maximum atomic E-state index is 9.28. The highest BCUT2D eigenvalue weighted by atomic mass is 15.5. The third-order valence-electron chi connectivity index (χ3n) is 4.51. The van der Waals surface area contributed by atoms with Crippen molar-refractivity contribution in [1.82, 2.24) is 24.4 Å². The molecule has 2 heterocycles. The van der Waals surface area contributed by atoms with Gasteiger partial charge in [0.25, 0.3) is 0 Å². The highest BCUT2D eigenvalue weighted by Gasteiger charge is 2.25. The second kappa shape index (κ2) is 7.11. The van der Waals surface area contributed by atoms with E-state index in [-0.39, 0.29) is 11.9 Å². The number of fused-ring (bicyclic) bond motifs is 1. The third-order valence-corrected chi connectivity index (χ3v) is 4.51. The molecule has 0 radical (unpaired) electrons. The van der Waals surface area contributed by atoms with E-state index in [0.717, 1.165) is 32.4 Å². The largest absolute Gasteiger partial charge is 0.315 e. The van der Waals surface area contributed by atoms with E-state index in [4.69, 9.17) is 5.84 Å². The SMILES string of the molecule is CN(C)CCCn1cnc2c(N(N)C3CCCC3)nc(C#N)nc21. The van der Waals surface area contributed by atoms with Gasteiger partial charge in [0.1, 0.15) is 6.07 Å². The van der Waals surface area contributed by atoms with Crippen molar-refractivity contribution in [2.45, 2.75) is 44.7 Å². The summed E-state index contributed by atoms with van der Waals surface area (Å²) in [5.41, 5.74) is 1.36. The van der Waals surface area contributed by atoms with Crippen LogP contribution >= 0.6 is 0 Å². The molecule has 128 valence electrons. The van der Waals surface area contributed by atoms with Crippen LogP contribution in [-0.4, -0.2) is 51.1 Å². The predicted molar refractivity (Wildman–Crippen MR) is 92.1 cm³/mol. The van der Waals surface area contributed by atoms with Gasteiger partial charge in [-0.2, -0.15) is 15.2 Å². The number of rotatable bonds is 6. The van der Waals surface area contributed by atoms with Gasteiger partial charge in [0.15, 0.2) is 17.0 Å². The zero-order chi connectivity index (χ0) is 17.1. The van der Waals surface area contributed by atoms with Gasteiger partial charge >= 0.3 is 0 Å². The Morgan fingerprint density at radius 2 is 2.08 bits per heavy atom. The van der Waals surface area contributed by atoms with Gasteiger partial charge in [0, 0.05) is 12.6 Å². The molecule has 2 aromatic heterocycles. The fourth-order valence-corrected chi connectivity index (χ4v) is 3.24. The molecule has 1 aliphatic rings. The van der Waals surface area contributed by atoms with Gasteiger partial charge in [-0.15, -0.1) is 0 Å². The molecule has 0 spiro atoms. The molecule has 0 bridgehead atoms. The summed E-state index contributed by atoms with van der Waals surface area (Å²) in [5, 5.41) is 11.0. The topological polar surface area (TPSA) is 99.9 Å². The lowest BCUT2D eigenvalue weighted by Crippen LogP contribution is -2.40. The van der Waals surface area contributed by atoms with E-state index in [9.17, 15) is 5.26 Å². The van der Waals surface area contributed by atoms with Crippen LogP contribution in [-0.2, 0) is 6.54 Å². The van der Waals surface area contributed by atoms with Crippen LogP contribution in [0.5, 0.6) is 0 Å². The van der Waals surface area contributed by atoms with E-state index in [1.807, 2.05) is 24.7 Å². The molecular weight excluding hydrogens is 304 g/mol. The maximum absolute atomic E-state index is 9.28. The van der Waals surface area contributed by atoms with E-state index >= 15 is 0 Å². The third kappa shape index (κ3) is 3.32. The number of nitrogens with two attached hydrogens (primary N) is 1. The first-order valence-corrected chi connectivity index (χ1v) is 8.42. The van der Waals surface area contributed by atoms with Crippen molar-refractivity contribution in [3.05, 3.63) is 12.2 Å². The first kappa shape index (κ1) is 16.6. The number of aryl methyl sites for hydroxylation is 1. The highest BCUT2D eigenvalue weighted by Crippen LogP contribution is 2.28. The molecule has 8 nitrogen and oxygen atoms in total. The summed E-state index contributed by atoms with van der Waals surface area (Å²) >= 11 is 0. The molecule has 2 aromatic rings. The molecule has 0 unspecified atom stereocenters. The average Bonchev–Trinajstić information content (AvgIpc) is 3.23. The van der Waals surface area contributed by atoms with Crippen LogP contribution in [0.15, 0.2) is 6.33 Å². The molecular formula is C16H24N8. The van der Waals surface area contributed by atoms with E-state index < -0.39 is 0 Å². The fourth-order valence-electron chi connectivity index (χ4n) is 3.24. The maximum Gasteiger partial charge on any atom is 0.236 e. The molecule has 0 aromatic carbocycles. The molecule has 0 atom stereocenters. The molecule has 2 N–H and O–H groups in total. The van der Waals surface area contributed by atoms with E-state index in [0.29, 0.717) is 17.0 Å². The number of hydrazine groups is 1. The minimum Gasteiger partial charge on any atom is -0.315 e. The van der Waals surface area contributed by atoms with E-state index in [1.54, 1.807) is 11.3 Å². The Kier molecular flexibility index (Phi) is 4.92. The van der Waals surface area contributed by atoms with Crippen molar-refractivity contribution < 1.29 is 0 Å². The lowest BCUT2D eigenvalue weighted by molar-refractivity contribution is 0.387. The van der Waals surface area contributed by atoms with Gasteiger partial charge in [-0.05, 0) is 39.9 Å². The van der Waals surface area contributed by atoms with Gasteiger partial charge < -0.3 is 9.47 Å². The van der Waals surface area contributed by atoms with Gasteiger partial charge in [0.05, 0.1) is 6.33 Å². The standard InChI is InChI=1S/C16H24N8/c1-22(2)8-5-9-23-11-19-14-15(23)20-13(10-17)21-16(14)24(18)12-6-3-4-7-12/h11-12H,3-9,18H2,1-2H3. The zero-order valence-electron chi connectivity index (χ0n) is 14.3. The number of imidazole rings is 1. The Labute approximate surface area is 141 Å². The Morgan fingerprint density at radius 1 is 1.33 bits per heavy atom. The van der Waals surface area contributed by atoms with Crippen LogP contribution in [0.25, 0.3) is 11.2 Å². The van der Waals surface area contributed by atoms with Crippen molar-refractivity contribution in [2.24, 2.45) is 5.84 Å². The summed E-state index contributed by atoms with van der Waals surface area (Å²) in [6.07, 6.45) is 7.20. The van der Waals surface area contributed by atoms with Crippen molar-refractivity contribution >= 4 is 17.0 Å². The molecule has 1 saturated carbocycles. The lowest BCUT2D eigenvalue weighted by Gasteiger charge is -2.24. The highest BCUT2D eigenvalue weighted by molar-refractivity contribution is 5.83. The van der Waals surface area contributed by atoms with Crippen molar-refractivity contribution in [3.8, 4) is 6.07 Å². The number of hydrogen-bond acceptors (Lipinski definition) is 7. The number of anilines is 1. The zero-order valence-corrected chi connectivity index (χ0v) is 14.3. The minimum atomic E-state index is 0.139. The minimum absolute atomic E-state index is 0.139. The van der Waals surface area contributed by atoms with Gasteiger partial charge in [-0.1, -0.05) is 12.8 Å². The summed E-state index contributed by atoms with van der Waals surface area (Å²) in [6.45, 7) is 1.78. The monoisotopic (exact) mass is 328 g/mol. The Morgan fingerprint density at radius 3 is 2.75 bits per heavy atom. The normalized spacial score (nSPS) is 15.3. The van der Waals surface area contributed by atoms with Crippen LogP contribution in [0.1, 0.15) is 37.9 Å². The van der Waals surface area contributed by atoms with Crippen molar-refractivity contribution in [2.75, 3.05) is 25.6 Å². The molecule has 0 saturated heterocycles. The van der Waals surface area contributed by atoms with Crippen molar-refractivity contribution in [3.63, 3.8) is 0 Å². The smallest absolute Gasteiger partial charge is 0.236 e. The first-order valence-electron chi connectivity index (χ1n) is 8.42. The molecule has 0 amide bonds. The van der Waals surface area contributed by atoms with Crippen LogP contribution in [0.4, 0.5) is 5.82 Å². The number of hydrogen-bond donors (Lipinski definition) is 1. The van der Waals surface area contributed by atoms with Crippen LogP contribution in [0.3, 0.4) is 0 Å². The van der Waals surface area contributed by atoms with E-state index in [2.05, 4.69) is 19.9 Å². The van der Waals surface area contributed by atoms with E-state index in [1.165, 1.54) is 12.8 Å². The van der Waals surface area contributed by atoms with Gasteiger partial charge in [-0.25, -0.2) is 10.8 Å². The number of aromatic nitrogens is 4. The second-order valence-electron chi connectivity index (χ2n) is 6.60. The molecule has 3 rings (SSSR count). The Hall–Kier alpha value is -2.24.